The third kappa shape index (κ3) is 8.04. The van der Waals surface area contributed by atoms with Gasteiger partial charge in [-0.1, -0.05) is 44.2 Å². The van der Waals surface area contributed by atoms with Crippen LogP contribution in [0, 0.1) is 13.8 Å². The van der Waals surface area contributed by atoms with Crippen molar-refractivity contribution in [1.29, 1.82) is 0 Å². The fourth-order valence-corrected chi connectivity index (χ4v) is 6.75. The molecule has 0 saturated carbocycles. The van der Waals surface area contributed by atoms with Gasteiger partial charge in [-0.05, 0) is 102 Å². The molecule has 8 nitrogen and oxygen atoms in total. The molecule has 3 aliphatic rings. The number of carbonyl (C=O) groups is 2. The summed E-state index contributed by atoms with van der Waals surface area (Å²) in [4.78, 5) is 35.1. The molecule has 2 saturated heterocycles. The van der Waals surface area contributed by atoms with Crippen LogP contribution in [0.3, 0.4) is 0 Å². The number of nitrogens with zero attached hydrogens (tertiary/aromatic N) is 2. The Bertz CT molecular complexity index is 1430. The Hall–Kier alpha value is -3.46. The van der Waals surface area contributed by atoms with Crippen molar-refractivity contribution >= 4 is 34.7 Å². The SMILES string of the molecule is C/C(=C\C=C/C(C)OCCO)c1cccc2c1/C(=C/c1[nH]c(C)c(C(=O)N3CCCC(N4CCCC4)CC3)c1C)C(=O)N2.CC. The zero-order valence-electron chi connectivity index (χ0n) is 28.0. The number of H-pyrrole nitrogens is 1. The Labute approximate surface area is 269 Å². The molecule has 5 rings (SSSR count). The van der Waals surface area contributed by atoms with Crippen LogP contribution in [0.4, 0.5) is 5.69 Å². The predicted molar refractivity (Wildman–Crippen MR) is 184 cm³/mol. The van der Waals surface area contributed by atoms with E-state index in [4.69, 9.17) is 9.84 Å². The first-order valence-electron chi connectivity index (χ1n) is 16.7. The molecule has 8 heteroatoms. The van der Waals surface area contributed by atoms with Crippen molar-refractivity contribution in [1.82, 2.24) is 14.8 Å². The lowest BCUT2D eigenvalue weighted by Crippen LogP contribution is -2.35. The molecule has 2 atom stereocenters. The second-order valence-electron chi connectivity index (χ2n) is 12.1. The summed E-state index contributed by atoms with van der Waals surface area (Å²) >= 11 is 0. The maximum Gasteiger partial charge on any atom is 0.256 e. The number of fused-ring (bicyclic) bond motifs is 1. The van der Waals surface area contributed by atoms with Crippen LogP contribution < -0.4 is 5.32 Å². The van der Waals surface area contributed by atoms with Crippen molar-refractivity contribution < 1.29 is 19.4 Å². The molecular formula is C37H52N4O4. The number of amides is 2. The summed E-state index contributed by atoms with van der Waals surface area (Å²) in [6, 6.07) is 6.47. The maximum atomic E-state index is 13.8. The number of carbonyl (C=O) groups excluding carboxylic acids is 2. The van der Waals surface area contributed by atoms with E-state index in [9.17, 15) is 9.59 Å². The highest BCUT2D eigenvalue weighted by molar-refractivity contribution is 6.35. The van der Waals surface area contributed by atoms with Gasteiger partial charge in [0, 0.05) is 41.8 Å². The molecule has 2 fully saturated rings. The van der Waals surface area contributed by atoms with E-state index in [1.165, 1.54) is 25.9 Å². The number of aryl methyl sites for hydroxylation is 1. The molecular weight excluding hydrogens is 564 g/mol. The molecule has 0 radical (unpaired) electrons. The van der Waals surface area contributed by atoms with Gasteiger partial charge in [0.05, 0.1) is 30.5 Å². The molecule has 4 heterocycles. The van der Waals surface area contributed by atoms with Crippen LogP contribution in [0.5, 0.6) is 0 Å². The van der Waals surface area contributed by atoms with Gasteiger partial charge in [0.25, 0.3) is 11.8 Å². The van der Waals surface area contributed by atoms with Crippen LogP contribution in [0.1, 0.15) is 98.2 Å². The van der Waals surface area contributed by atoms with Crippen molar-refractivity contribution in [2.75, 3.05) is 44.7 Å². The van der Waals surface area contributed by atoms with E-state index in [1.54, 1.807) is 0 Å². The van der Waals surface area contributed by atoms with Gasteiger partial charge >= 0.3 is 0 Å². The van der Waals surface area contributed by atoms with Gasteiger partial charge in [0.1, 0.15) is 0 Å². The molecule has 2 unspecified atom stereocenters. The topological polar surface area (TPSA) is 97.9 Å². The molecule has 3 N–H and O–H groups in total. The largest absolute Gasteiger partial charge is 0.394 e. The van der Waals surface area contributed by atoms with Crippen molar-refractivity contribution in [2.45, 2.75) is 85.8 Å². The summed E-state index contributed by atoms with van der Waals surface area (Å²) in [7, 11) is 0. The Balaban J connectivity index is 0.00000226. The van der Waals surface area contributed by atoms with Gasteiger partial charge < -0.3 is 29.9 Å². The number of hydrogen-bond donors (Lipinski definition) is 3. The molecule has 0 aliphatic carbocycles. The third-order valence-corrected chi connectivity index (χ3v) is 9.07. The number of allylic oxidation sites excluding steroid dienone is 3. The van der Waals surface area contributed by atoms with Crippen molar-refractivity contribution in [2.24, 2.45) is 0 Å². The van der Waals surface area contributed by atoms with Crippen molar-refractivity contribution in [3.05, 3.63) is 70.1 Å². The molecule has 0 bridgehead atoms. The number of likely N-dealkylation sites (tertiary alicyclic amines) is 2. The number of aromatic nitrogens is 1. The van der Waals surface area contributed by atoms with Gasteiger partial charge in [-0.15, -0.1) is 0 Å². The average Bonchev–Trinajstić information content (AvgIpc) is 3.69. The average molecular weight is 617 g/mol. The fourth-order valence-electron chi connectivity index (χ4n) is 6.75. The number of rotatable bonds is 9. The highest BCUT2D eigenvalue weighted by atomic mass is 16.5. The lowest BCUT2D eigenvalue weighted by atomic mass is 9.94. The molecule has 45 heavy (non-hydrogen) atoms. The smallest absolute Gasteiger partial charge is 0.256 e. The Morgan fingerprint density at radius 1 is 1.11 bits per heavy atom. The van der Waals surface area contributed by atoms with Crippen LogP contribution in [0.25, 0.3) is 17.2 Å². The van der Waals surface area contributed by atoms with E-state index in [-0.39, 0.29) is 24.5 Å². The molecule has 2 amide bonds. The minimum atomic E-state index is -0.156. The van der Waals surface area contributed by atoms with Crippen LogP contribution in [-0.2, 0) is 9.53 Å². The van der Waals surface area contributed by atoms with Gasteiger partial charge in [-0.25, -0.2) is 0 Å². The number of ether oxygens (including phenoxy) is 1. The summed E-state index contributed by atoms with van der Waals surface area (Å²) in [6.45, 7) is 16.1. The van der Waals surface area contributed by atoms with E-state index in [1.807, 2.05) is 88.9 Å². The van der Waals surface area contributed by atoms with Crippen molar-refractivity contribution in [3.8, 4) is 0 Å². The summed E-state index contributed by atoms with van der Waals surface area (Å²) < 4.78 is 5.50. The number of benzene rings is 1. The van der Waals surface area contributed by atoms with Crippen LogP contribution in [0.2, 0.25) is 0 Å². The molecule has 2 aromatic rings. The number of aliphatic hydroxyl groups is 1. The lowest BCUT2D eigenvalue weighted by molar-refractivity contribution is -0.110. The minimum Gasteiger partial charge on any atom is -0.394 e. The zero-order valence-corrected chi connectivity index (χ0v) is 28.0. The normalized spacial score (nSPS) is 20.6. The van der Waals surface area contributed by atoms with Crippen LogP contribution in [0.15, 0.2) is 36.4 Å². The first-order valence-corrected chi connectivity index (χ1v) is 16.7. The first kappa shape index (κ1) is 34.4. The quantitative estimate of drug-likeness (QED) is 0.218. The van der Waals surface area contributed by atoms with Gasteiger partial charge in [-0.2, -0.15) is 0 Å². The number of anilines is 1. The summed E-state index contributed by atoms with van der Waals surface area (Å²) in [5.74, 6) is -0.0745. The van der Waals surface area contributed by atoms with Crippen LogP contribution >= 0.6 is 0 Å². The summed E-state index contributed by atoms with van der Waals surface area (Å²) in [6.07, 6.45) is 13.4. The summed E-state index contributed by atoms with van der Waals surface area (Å²) in [5.41, 5.74) is 7.40. The second-order valence-corrected chi connectivity index (χ2v) is 12.1. The Kier molecular flexibility index (Phi) is 12.4. The Morgan fingerprint density at radius 2 is 1.87 bits per heavy atom. The highest BCUT2D eigenvalue weighted by Gasteiger charge is 2.31. The van der Waals surface area contributed by atoms with E-state index >= 15 is 0 Å². The van der Waals surface area contributed by atoms with E-state index in [0.29, 0.717) is 18.2 Å². The monoisotopic (exact) mass is 616 g/mol. The second kappa shape index (κ2) is 16.2. The fraction of sp³-hybridized carbons (Fsp3) is 0.514. The van der Waals surface area contributed by atoms with E-state index in [0.717, 1.165) is 77.3 Å². The van der Waals surface area contributed by atoms with Crippen molar-refractivity contribution in [3.63, 3.8) is 0 Å². The number of aromatic amines is 1. The standard InChI is InChI=1S/C35H46N4O4.C2H6/c1-23(10-7-11-24(2)43-21-20-40)28-13-8-14-30-33(28)29(34(41)37-30)22-31-25(3)32(26(4)36-31)35(42)39-18-9-12-27(15-19-39)38-16-5-6-17-38;1-2/h7-8,10-11,13-14,22,24,27,36,40H,5-6,9,12,15-21H2,1-4H3,(H,37,41);1-2H3/b11-7-,23-10+,29-22-;. The molecule has 1 aromatic heterocycles. The van der Waals surface area contributed by atoms with E-state index < -0.39 is 0 Å². The first-order chi connectivity index (χ1) is 21.8. The molecule has 3 aliphatic heterocycles. The highest BCUT2D eigenvalue weighted by Crippen LogP contribution is 2.39. The number of hydrogen-bond acceptors (Lipinski definition) is 5. The van der Waals surface area contributed by atoms with Gasteiger partial charge in [0.15, 0.2) is 0 Å². The third-order valence-electron chi connectivity index (χ3n) is 9.07. The van der Waals surface area contributed by atoms with Gasteiger partial charge in [-0.3, -0.25) is 9.59 Å². The predicted octanol–water partition coefficient (Wildman–Crippen LogP) is 6.60. The minimum absolute atomic E-state index is 0.00760. The molecule has 0 spiro atoms. The zero-order chi connectivity index (χ0) is 32.5. The van der Waals surface area contributed by atoms with E-state index in [2.05, 4.69) is 15.2 Å². The molecule has 1 aromatic carbocycles. The van der Waals surface area contributed by atoms with Gasteiger partial charge in [0.2, 0.25) is 0 Å². The van der Waals surface area contributed by atoms with Crippen LogP contribution in [-0.4, -0.2) is 83.2 Å². The number of aliphatic hydroxyl groups excluding tert-OH is 1. The molecule has 244 valence electrons. The maximum absolute atomic E-state index is 13.8. The lowest BCUT2D eigenvalue weighted by Gasteiger charge is -2.26. The number of nitrogens with one attached hydrogen (secondary N) is 2. The summed E-state index contributed by atoms with van der Waals surface area (Å²) in [5, 5.41) is 12.0. The Morgan fingerprint density at radius 3 is 2.60 bits per heavy atom.